The van der Waals surface area contributed by atoms with Crippen molar-refractivity contribution in [3.8, 4) is 0 Å². The van der Waals surface area contributed by atoms with Crippen molar-refractivity contribution in [2.24, 2.45) is 0 Å². The van der Waals surface area contributed by atoms with E-state index in [1.165, 1.54) is 11.3 Å². The second-order valence-electron chi connectivity index (χ2n) is 7.44. The Morgan fingerprint density at radius 3 is 2.77 bits per heavy atom. The van der Waals surface area contributed by atoms with Gasteiger partial charge in [0.15, 0.2) is 5.69 Å². The van der Waals surface area contributed by atoms with E-state index in [4.69, 9.17) is 0 Å². The van der Waals surface area contributed by atoms with Crippen molar-refractivity contribution in [3.05, 3.63) is 63.4 Å². The molecular formula is C21H24N6O2S. The fourth-order valence-electron chi connectivity index (χ4n) is 3.73. The molecule has 156 valence electrons. The fourth-order valence-corrected chi connectivity index (χ4v) is 4.61. The van der Waals surface area contributed by atoms with Crippen LogP contribution in [-0.4, -0.2) is 49.3 Å². The number of rotatable bonds is 6. The van der Waals surface area contributed by atoms with Gasteiger partial charge >= 0.3 is 0 Å². The average Bonchev–Trinajstić information content (AvgIpc) is 3.47. The first-order valence-electron chi connectivity index (χ1n) is 9.98. The first-order chi connectivity index (χ1) is 14.5. The van der Waals surface area contributed by atoms with E-state index in [9.17, 15) is 9.59 Å². The molecule has 0 aliphatic carbocycles. The highest BCUT2D eigenvalue weighted by molar-refractivity contribution is 7.13. The molecule has 30 heavy (non-hydrogen) atoms. The summed E-state index contributed by atoms with van der Waals surface area (Å²) in [5.74, 6) is -0.234. The van der Waals surface area contributed by atoms with Crippen LogP contribution in [0.3, 0.4) is 0 Å². The number of carbonyl (C=O) groups excluding carboxylic acids is 2. The Morgan fingerprint density at radius 2 is 2.03 bits per heavy atom. The summed E-state index contributed by atoms with van der Waals surface area (Å²) >= 11 is 1.44. The van der Waals surface area contributed by atoms with E-state index in [1.54, 1.807) is 10.9 Å². The highest BCUT2D eigenvalue weighted by Crippen LogP contribution is 2.25. The summed E-state index contributed by atoms with van der Waals surface area (Å²) in [7, 11) is 0. The number of hydrogen-bond acceptors (Lipinski definition) is 6. The second-order valence-corrected chi connectivity index (χ2v) is 8.64. The number of benzene rings is 1. The van der Waals surface area contributed by atoms with E-state index < -0.39 is 0 Å². The third-order valence-electron chi connectivity index (χ3n) is 5.20. The van der Waals surface area contributed by atoms with E-state index in [1.807, 2.05) is 49.1 Å². The SMILES string of the molecule is Cc1nc(C)c(C(=O)N2CCCC2Cn2cc(C(=O)NCc3ccccc3)nn2)s1. The van der Waals surface area contributed by atoms with Crippen molar-refractivity contribution in [2.75, 3.05) is 6.54 Å². The molecular weight excluding hydrogens is 400 g/mol. The Kier molecular flexibility index (Phi) is 5.89. The number of amides is 2. The Balaban J connectivity index is 1.38. The molecule has 9 heteroatoms. The van der Waals surface area contributed by atoms with Gasteiger partial charge in [-0.15, -0.1) is 16.4 Å². The van der Waals surface area contributed by atoms with Crippen LogP contribution in [0.1, 0.15) is 49.3 Å². The molecule has 3 heterocycles. The number of nitrogens with one attached hydrogen (secondary N) is 1. The number of hydrogen-bond donors (Lipinski definition) is 1. The van der Waals surface area contributed by atoms with Crippen LogP contribution >= 0.6 is 11.3 Å². The molecule has 1 saturated heterocycles. The van der Waals surface area contributed by atoms with E-state index >= 15 is 0 Å². The van der Waals surface area contributed by atoms with Crippen molar-refractivity contribution in [3.63, 3.8) is 0 Å². The molecule has 1 atom stereocenters. The highest BCUT2D eigenvalue weighted by Gasteiger charge is 2.32. The van der Waals surface area contributed by atoms with Crippen molar-refractivity contribution in [1.82, 2.24) is 30.2 Å². The predicted molar refractivity (Wildman–Crippen MR) is 113 cm³/mol. The standard InChI is InChI=1S/C21H24N6O2S/c1-14-19(30-15(2)23-14)21(29)27-10-6-9-17(27)12-26-13-18(24-25-26)20(28)22-11-16-7-4-3-5-8-16/h3-5,7-8,13,17H,6,9-12H2,1-2H3,(H,22,28). The van der Waals surface area contributed by atoms with Crippen molar-refractivity contribution < 1.29 is 9.59 Å². The zero-order chi connectivity index (χ0) is 21.1. The first kappa shape index (κ1) is 20.2. The van der Waals surface area contributed by atoms with Crippen molar-refractivity contribution in [1.29, 1.82) is 0 Å². The van der Waals surface area contributed by atoms with Gasteiger partial charge < -0.3 is 10.2 Å². The monoisotopic (exact) mass is 424 g/mol. The maximum absolute atomic E-state index is 13.0. The van der Waals surface area contributed by atoms with Crippen LogP contribution in [0, 0.1) is 13.8 Å². The number of nitrogens with zero attached hydrogens (tertiary/aromatic N) is 5. The minimum atomic E-state index is -0.264. The third kappa shape index (κ3) is 4.40. The van der Waals surface area contributed by atoms with Crippen LogP contribution in [-0.2, 0) is 13.1 Å². The Morgan fingerprint density at radius 1 is 1.23 bits per heavy atom. The smallest absolute Gasteiger partial charge is 0.273 e. The molecule has 1 aromatic carbocycles. The first-order valence-corrected chi connectivity index (χ1v) is 10.8. The molecule has 1 aliphatic rings. The molecule has 4 rings (SSSR count). The molecule has 1 aliphatic heterocycles. The third-order valence-corrected chi connectivity index (χ3v) is 6.26. The lowest BCUT2D eigenvalue weighted by molar-refractivity contribution is 0.0724. The van der Waals surface area contributed by atoms with Crippen LogP contribution in [0.2, 0.25) is 0 Å². The lowest BCUT2D eigenvalue weighted by atomic mass is 10.2. The topological polar surface area (TPSA) is 93.0 Å². The van der Waals surface area contributed by atoms with Gasteiger partial charge in [-0.2, -0.15) is 0 Å². The average molecular weight is 425 g/mol. The number of carbonyl (C=O) groups is 2. The van der Waals surface area contributed by atoms with E-state index in [-0.39, 0.29) is 23.6 Å². The van der Waals surface area contributed by atoms with Crippen molar-refractivity contribution in [2.45, 2.75) is 45.8 Å². The van der Waals surface area contributed by atoms with Gasteiger partial charge in [-0.05, 0) is 32.3 Å². The van der Waals surface area contributed by atoms with Gasteiger partial charge in [0.1, 0.15) is 4.88 Å². The second kappa shape index (κ2) is 8.74. The lowest BCUT2D eigenvalue weighted by Gasteiger charge is -2.24. The van der Waals surface area contributed by atoms with Crippen molar-refractivity contribution >= 4 is 23.2 Å². The molecule has 2 amide bonds. The predicted octanol–water partition coefficient (Wildman–Crippen LogP) is 2.59. The molecule has 8 nitrogen and oxygen atoms in total. The molecule has 2 aromatic heterocycles. The zero-order valence-electron chi connectivity index (χ0n) is 17.0. The number of likely N-dealkylation sites (tertiary alicyclic amines) is 1. The van der Waals surface area contributed by atoms with Crippen LogP contribution in [0.15, 0.2) is 36.5 Å². The lowest BCUT2D eigenvalue weighted by Crippen LogP contribution is -2.38. The highest BCUT2D eigenvalue weighted by atomic mass is 32.1. The van der Waals surface area contributed by atoms with E-state index in [2.05, 4.69) is 20.6 Å². The van der Waals surface area contributed by atoms with Gasteiger partial charge in [0.05, 0.1) is 29.5 Å². The number of aromatic nitrogens is 4. The van der Waals surface area contributed by atoms with Crippen LogP contribution in [0.4, 0.5) is 0 Å². The molecule has 0 spiro atoms. The summed E-state index contributed by atoms with van der Waals surface area (Å²) in [4.78, 5) is 32.4. The van der Waals surface area contributed by atoms with Crippen LogP contribution in [0.5, 0.6) is 0 Å². The number of thiazole rings is 1. The van der Waals surface area contributed by atoms with E-state index in [0.717, 1.165) is 35.7 Å². The minimum Gasteiger partial charge on any atom is -0.347 e. The normalized spacial score (nSPS) is 16.1. The van der Waals surface area contributed by atoms with E-state index in [0.29, 0.717) is 18.0 Å². The molecule has 0 bridgehead atoms. The quantitative estimate of drug-likeness (QED) is 0.657. The summed E-state index contributed by atoms with van der Waals surface area (Å²) in [5.41, 5.74) is 2.08. The fraction of sp³-hybridized carbons (Fsp3) is 0.381. The van der Waals surface area contributed by atoms with Gasteiger partial charge in [0, 0.05) is 13.1 Å². The Bertz CT molecular complexity index is 1040. The molecule has 0 radical (unpaired) electrons. The summed E-state index contributed by atoms with van der Waals surface area (Å²) in [6, 6.07) is 9.74. The summed E-state index contributed by atoms with van der Waals surface area (Å²) in [6.45, 7) is 5.46. The molecule has 1 N–H and O–H groups in total. The maximum Gasteiger partial charge on any atom is 0.273 e. The molecule has 3 aromatic rings. The van der Waals surface area contributed by atoms with Gasteiger partial charge in [0.25, 0.3) is 11.8 Å². The zero-order valence-corrected chi connectivity index (χ0v) is 17.9. The van der Waals surface area contributed by atoms with Gasteiger partial charge in [-0.25, -0.2) is 9.67 Å². The molecule has 1 fully saturated rings. The summed E-state index contributed by atoms with van der Waals surface area (Å²) < 4.78 is 1.65. The maximum atomic E-state index is 13.0. The van der Waals surface area contributed by atoms with Crippen LogP contribution in [0.25, 0.3) is 0 Å². The minimum absolute atomic E-state index is 0.0289. The van der Waals surface area contributed by atoms with Gasteiger partial charge in [-0.3, -0.25) is 9.59 Å². The summed E-state index contributed by atoms with van der Waals surface area (Å²) in [6.07, 6.45) is 3.49. The Labute approximate surface area is 178 Å². The largest absolute Gasteiger partial charge is 0.347 e. The Hall–Kier alpha value is -3.07. The summed E-state index contributed by atoms with van der Waals surface area (Å²) in [5, 5.41) is 11.9. The van der Waals surface area contributed by atoms with Gasteiger partial charge in [-0.1, -0.05) is 35.5 Å². The van der Waals surface area contributed by atoms with Crippen LogP contribution < -0.4 is 5.32 Å². The van der Waals surface area contributed by atoms with Gasteiger partial charge in [0.2, 0.25) is 0 Å². The molecule has 0 saturated carbocycles. The molecule has 1 unspecified atom stereocenters. The number of aryl methyl sites for hydroxylation is 2.